The summed E-state index contributed by atoms with van der Waals surface area (Å²) >= 11 is 24.5. The van der Waals surface area contributed by atoms with E-state index < -0.39 is 31.5 Å². The Bertz CT molecular complexity index is 5810. The van der Waals surface area contributed by atoms with Gasteiger partial charge in [-0.3, -0.25) is 33.8 Å². The number of nitrogens with one attached hydrogen (secondary N) is 6. The van der Waals surface area contributed by atoms with Crippen LogP contribution in [-0.2, 0) is 29.3 Å². The number of hydrogen-bond acceptors (Lipinski definition) is 21. The van der Waals surface area contributed by atoms with Gasteiger partial charge in [0.2, 0.25) is 5.91 Å². The number of Topliss-reactive ketones (excluding diaryl/α,β-unsaturated/α-hetero) is 1. The SMILES string of the molecule is CC(C)(C)CCNC(=O)CC1CCN(c2ncc(S(C)(=O)=O)cc2NC(=O)c2cccc(Cl)c2)CC1.CS(=O)(=O)c1cnc(N2CCC(CC(=O)CCC3CCCCCC3)CC2)c(NC(=O)c2cccc(Cl)c2)c1.Cc1cccc(C(=O)Nc2cc(Cl)cnc2N2CCC(CCN3CCC(C)CC3)CC2)c1.Cc1cccc(C(=O)Nc2cc(Cl)cnc2N2CCC(CCNc3cccnc3)CC2)c1. The van der Waals surface area contributed by atoms with Crippen molar-refractivity contribution in [2.75, 3.05) is 144 Å². The minimum Gasteiger partial charge on any atom is -0.384 e. The van der Waals surface area contributed by atoms with Gasteiger partial charge in [-0.15, -0.1) is 0 Å². The van der Waals surface area contributed by atoms with Crippen LogP contribution in [0.4, 0.5) is 51.7 Å². The van der Waals surface area contributed by atoms with Gasteiger partial charge >= 0.3 is 0 Å². The maximum atomic E-state index is 12.9. The summed E-state index contributed by atoms with van der Waals surface area (Å²) in [5.74, 6) is 5.62. The average molecular weight is 2000 g/mol. The molecule has 0 radical (unpaired) electrons. The van der Waals surface area contributed by atoms with Crippen LogP contribution in [0.25, 0.3) is 0 Å². The number of rotatable bonds is 30. The van der Waals surface area contributed by atoms with Crippen LogP contribution < -0.4 is 51.5 Å². The summed E-state index contributed by atoms with van der Waals surface area (Å²) in [5, 5.41) is 20.1. The molecule has 6 N–H and O–H groups in total. The molecule has 0 bridgehead atoms. The molecule has 0 spiro atoms. The highest BCUT2D eigenvalue weighted by Gasteiger charge is 2.32. The van der Waals surface area contributed by atoms with Crippen LogP contribution in [0.3, 0.4) is 0 Å². The van der Waals surface area contributed by atoms with Gasteiger partial charge in [0.25, 0.3) is 23.6 Å². The second-order valence-electron chi connectivity index (χ2n) is 39.2. The molecular weight excluding hydrogens is 1860 g/mol. The Morgan fingerprint density at radius 2 is 0.797 bits per heavy atom. The number of halogens is 4. The van der Waals surface area contributed by atoms with Crippen molar-refractivity contribution in [2.24, 2.45) is 40.9 Å². The summed E-state index contributed by atoms with van der Waals surface area (Å²) < 4.78 is 48.6. The Hall–Kier alpha value is -10.3. The highest BCUT2D eigenvalue weighted by Crippen LogP contribution is 2.39. The van der Waals surface area contributed by atoms with Crippen LogP contribution >= 0.6 is 46.4 Å². The minimum atomic E-state index is -3.52. The van der Waals surface area contributed by atoms with Crippen LogP contribution in [0.1, 0.15) is 228 Å². The van der Waals surface area contributed by atoms with Crippen LogP contribution in [-0.4, -0.2) is 180 Å². The van der Waals surface area contributed by atoms with E-state index in [0.29, 0.717) is 152 Å². The number of aromatic nitrogens is 5. The molecule has 138 heavy (non-hydrogen) atoms. The highest BCUT2D eigenvalue weighted by molar-refractivity contribution is 7.91. The van der Waals surface area contributed by atoms with Gasteiger partial charge in [0.15, 0.2) is 42.9 Å². The largest absolute Gasteiger partial charge is 0.384 e. The van der Waals surface area contributed by atoms with Gasteiger partial charge in [0.1, 0.15) is 5.78 Å². The quantitative estimate of drug-likeness (QED) is 0.0228. The molecule has 5 aliphatic heterocycles. The first-order valence-electron chi connectivity index (χ1n) is 48.8. The number of ketones is 1. The van der Waals surface area contributed by atoms with E-state index in [-0.39, 0.29) is 38.8 Å². The molecule has 5 aromatic heterocycles. The van der Waals surface area contributed by atoms with E-state index in [2.05, 4.69) is 104 Å². The van der Waals surface area contributed by atoms with E-state index in [9.17, 15) is 45.6 Å². The Morgan fingerprint density at radius 3 is 1.20 bits per heavy atom. The minimum absolute atomic E-state index is 0.0226. The molecule has 26 nitrogen and oxygen atoms in total. The van der Waals surface area contributed by atoms with Gasteiger partial charge in [-0.05, 0) is 261 Å². The van der Waals surface area contributed by atoms with E-state index in [1.807, 2.05) is 85.6 Å². The van der Waals surface area contributed by atoms with E-state index in [0.717, 1.165) is 143 Å². The highest BCUT2D eigenvalue weighted by atomic mass is 35.5. The van der Waals surface area contributed by atoms with Crippen molar-refractivity contribution in [3.05, 3.63) is 224 Å². The van der Waals surface area contributed by atoms with Gasteiger partial charge in [0.05, 0.1) is 48.3 Å². The normalized spacial score (nSPS) is 16.4. The predicted molar refractivity (Wildman–Crippen MR) is 559 cm³/mol. The maximum Gasteiger partial charge on any atom is 0.255 e. The molecule has 6 fully saturated rings. The summed E-state index contributed by atoms with van der Waals surface area (Å²) in [6, 6.07) is 38.7. The molecule has 6 aliphatic rings. The Morgan fingerprint density at radius 1 is 0.406 bits per heavy atom. The lowest BCUT2D eigenvalue weighted by molar-refractivity contribution is -0.122. The van der Waals surface area contributed by atoms with Gasteiger partial charge in [0, 0.05) is 167 Å². The third-order valence-corrected chi connectivity index (χ3v) is 29.9. The lowest BCUT2D eigenvalue weighted by atomic mass is 9.88. The Balaban J connectivity index is 0.000000165. The zero-order valence-corrected chi connectivity index (χ0v) is 85.6. The van der Waals surface area contributed by atoms with Gasteiger partial charge in [-0.1, -0.05) is 160 Å². The molecule has 0 unspecified atom stereocenters. The Kier molecular flexibility index (Phi) is 39.9. The molecule has 4 aromatic carbocycles. The van der Waals surface area contributed by atoms with Crippen molar-refractivity contribution in [2.45, 2.75) is 199 Å². The molecule has 740 valence electrons. The van der Waals surface area contributed by atoms with E-state index in [1.54, 1.807) is 79.3 Å². The number of benzene rings is 4. The molecule has 1 saturated carbocycles. The second-order valence-corrected chi connectivity index (χ2v) is 45.0. The number of anilines is 9. The van der Waals surface area contributed by atoms with Gasteiger partial charge in [-0.2, -0.15) is 0 Å². The van der Waals surface area contributed by atoms with E-state index in [4.69, 9.17) is 46.4 Å². The second kappa shape index (κ2) is 51.7. The third kappa shape index (κ3) is 34.0. The van der Waals surface area contributed by atoms with E-state index >= 15 is 0 Å². The fourth-order valence-electron chi connectivity index (χ4n) is 18.6. The first kappa shape index (κ1) is 107. The lowest BCUT2D eigenvalue weighted by Gasteiger charge is -2.36. The van der Waals surface area contributed by atoms with Crippen molar-refractivity contribution >= 4 is 153 Å². The summed E-state index contributed by atoms with van der Waals surface area (Å²) in [7, 11) is -7.03. The molecular formula is C106H136Cl4N16O10S2. The summed E-state index contributed by atoms with van der Waals surface area (Å²) in [4.78, 5) is 110. The van der Waals surface area contributed by atoms with Crippen LogP contribution in [0.2, 0.25) is 20.1 Å². The maximum absolute atomic E-state index is 12.9. The van der Waals surface area contributed by atoms with Crippen molar-refractivity contribution in [1.82, 2.24) is 35.1 Å². The standard InChI is InChI=1S/C29H38ClN3O4S.C26H35ClN4O4S.C26H35ClN4O.C25H28ClN5O/c1-38(36,37)26-19-27(32-29(35)23-9-6-10-24(30)18-23)28(31-20-26)33-15-13-22(14-16-33)17-25(34)12-11-21-7-4-2-3-5-8-21;1-26(2,3)10-11-28-23(32)14-18-8-12-31(13-9-18)24-22(16-21(17-29-24)36(4,34)35)30-25(33)19-6-5-7-20(27)15-19;1-19-6-11-30(12-7-19)13-8-21-9-14-31(15-10-21)25-24(17-23(27)18-28-25)29-26(32)22-5-3-4-20(2)16-22;1-18-4-2-5-20(14-18)25(32)30-23-15-21(26)16-29-24(23)31-12-8-19(9-13-31)7-11-28-22-6-3-10-27-17-22/h6,9-10,18-22H,2-5,7-8,11-17H2,1H3,(H,32,35);5-7,15-18H,8-14H2,1-4H3,(H,28,32)(H,30,33);3-5,16-19,21H,6-15H2,1-2H3,(H,29,32);2-6,10,14-17,19,28H,7-9,11-13H2,1H3,(H,30,32). The number of carbonyl (C=O) groups excluding carboxylic acids is 6. The van der Waals surface area contributed by atoms with E-state index in [1.165, 1.54) is 115 Å². The average Bonchev–Trinajstić information content (AvgIpc) is 0.806. The molecule has 32 heteroatoms. The fourth-order valence-corrected chi connectivity index (χ4v) is 20.4. The molecule has 5 saturated heterocycles. The van der Waals surface area contributed by atoms with Crippen LogP contribution in [0.5, 0.6) is 0 Å². The molecule has 0 atom stereocenters. The van der Waals surface area contributed by atoms with Gasteiger partial charge in [-0.25, -0.2) is 36.8 Å². The molecule has 15 rings (SSSR count). The molecule has 9 aromatic rings. The Labute approximate surface area is 835 Å². The zero-order chi connectivity index (χ0) is 98.5. The fraction of sp³-hybridized carbons (Fsp3) is 0.481. The number of nitrogens with zero attached hydrogens (tertiary/aromatic N) is 10. The summed E-state index contributed by atoms with van der Waals surface area (Å²) in [5.41, 5.74) is 7.33. The number of carbonyl (C=O) groups is 6. The number of aryl methyl sites for hydroxylation is 2. The number of piperidine rings is 5. The zero-order valence-electron chi connectivity index (χ0n) is 81.0. The number of amides is 5. The van der Waals surface area contributed by atoms with Crippen molar-refractivity contribution in [3.63, 3.8) is 0 Å². The number of hydrogen-bond donors (Lipinski definition) is 6. The first-order valence-corrected chi connectivity index (χ1v) is 54.1. The van der Waals surface area contributed by atoms with Crippen molar-refractivity contribution in [1.29, 1.82) is 0 Å². The molecule has 10 heterocycles. The number of sulfone groups is 2. The molecule has 5 amide bonds. The predicted octanol–water partition coefficient (Wildman–Crippen LogP) is 21.9. The van der Waals surface area contributed by atoms with Crippen molar-refractivity contribution in [3.8, 4) is 0 Å². The summed E-state index contributed by atoms with van der Waals surface area (Å²) in [6.45, 7) is 24.5. The van der Waals surface area contributed by atoms with Gasteiger partial charge < -0.3 is 56.4 Å². The number of pyridine rings is 5. The van der Waals surface area contributed by atoms with Crippen molar-refractivity contribution < 1.29 is 45.6 Å². The van der Waals surface area contributed by atoms with Crippen LogP contribution in [0, 0.1) is 54.8 Å². The smallest absolute Gasteiger partial charge is 0.255 e. The summed E-state index contributed by atoms with van der Waals surface area (Å²) in [6.07, 6.45) is 36.3. The third-order valence-electron chi connectivity index (χ3n) is 26.9. The topological polar surface area (TPSA) is 324 Å². The monoisotopic (exact) mass is 2000 g/mol. The lowest BCUT2D eigenvalue weighted by Crippen LogP contribution is -2.38. The molecule has 1 aliphatic carbocycles. The first-order chi connectivity index (χ1) is 66.1. The number of likely N-dealkylation sites (tertiary alicyclic amines) is 1. The van der Waals surface area contributed by atoms with Crippen LogP contribution in [0.15, 0.2) is 180 Å².